The Labute approximate surface area is 126 Å². The van der Waals surface area contributed by atoms with Crippen molar-refractivity contribution < 1.29 is 18.0 Å². The Balaban J connectivity index is 2.68. The lowest BCUT2D eigenvalue weighted by Gasteiger charge is -2.22. The molecule has 1 heterocycles. The van der Waals surface area contributed by atoms with Gasteiger partial charge < -0.3 is 5.32 Å². The number of halogens is 3. The predicted octanol–water partition coefficient (Wildman–Crippen LogP) is 3.89. The van der Waals surface area contributed by atoms with Crippen LogP contribution in [0.15, 0.2) is 23.4 Å². The molecule has 0 aliphatic carbocycles. The number of pyridine rings is 1. The van der Waals surface area contributed by atoms with E-state index in [4.69, 9.17) is 0 Å². The molecule has 3 nitrogen and oxygen atoms in total. The average Bonchev–Trinajstić information content (AvgIpc) is 2.38. The zero-order valence-electron chi connectivity index (χ0n) is 12.3. The second kappa shape index (κ2) is 7.15. The minimum Gasteiger partial charge on any atom is -0.355 e. The second-order valence-electron chi connectivity index (χ2n) is 5.10. The van der Waals surface area contributed by atoms with Crippen LogP contribution < -0.4 is 5.32 Å². The van der Waals surface area contributed by atoms with Crippen molar-refractivity contribution in [1.82, 2.24) is 10.3 Å². The molecule has 0 spiro atoms. The summed E-state index contributed by atoms with van der Waals surface area (Å²) in [5.74, 6) is -0.150. The first-order chi connectivity index (χ1) is 9.66. The van der Waals surface area contributed by atoms with Crippen molar-refractivity contribution in [2.45, 2.75) is 49.6 Å². The van der Waals surface area contributed by atoms with Crippen LogP contribution >= 0.6 is 11.8 Å². The number of carbonyl (C=O) groups is 1. The third-order valence-corrected chi connectivity index (χ3v) is 3.93. The molecule has 0 aliphatic heterocycles. The lowest BCUT2D eigenvalue weighted by Crippen LogP contribution is -2.40. The fourth-order valence-electron chi connectivity index (χ4n) is 1.51. The highest BCUT2D eigenvalue weighted by molar-refractivity contribution is 8.01. The van der Waals surface area contributed by atoms with Gasteiger partial charge in [-0.05, 0) is 32.4 Å². The molecule has 21 heavy (non-hydrogen) atoms. The van der Waals surface area contributed by atoms with Crippen molar-refractivity contribution in [1.29, 1.82) is 0 Å². The number of unbranched alkanes of at least 4 members (excludes halogenated alkanes) is 1. The third kappa shape index (κ3) is 5.57. The molecule has 1 aromatic rings. The van der Waals surface area contributed by atoms with E-state index >= 15 is 0 Å². The van der Waals surface area contributed by atoms with Crippen molar-refractivity contribution in [2.24, 2.45) is 0 Å². The van der Waals surface area contributed by atoms with E-state index in [0.717, 1.165) is 36.9 Å². The summed E-state index contributed by atoms with van der Waals surface area (Å²) in [5, 5.41) is 3.20. The number of rotatable bonds is 6. The molecule has 1 rings (SSSR count). The zero-order chi connectivity index (χ0) is 16.1. The Bertz CT molecular complexity index is 472. The van der Waals surface area contributed by atoms with E-state index in [2.05, 4.69) is 10.3 Å². The van der Waals surface area contributed by atoms with E-state index in [1.54, 1.807) is 13.8 Å². The molecule has 0 fully saturated rings. The maximum atomic E-state index is 12.4. The molecule has 0 unspecified atom stereocenters. The van der Waals surface area contributed by atoms with Crippen LogP contribution in [0, 0.1) is 0 Å². The van der Waals surface area contributed by atoms with Crippen LogP contribution in [-0.4, -0.2) is 22.2 Å². The Morgan fingerprint density at radius 3 is 2.48 bits per heavy atom. The Morgan fingerprint density at radius 2 is 2.00 bits per heavy atom. The number of hydrogen-bond acceptors (Lipinski definition) is 3. The predicted molar refractivity (Wildman–Crippen MR) is 77.1 cm³/mol. The lowest BCUT2D eigenvalue weighted by atomic mass is 10.2. The van der Waals surface area contributed by atoms with E-state index in [0.29, 0.717) is 11.6 Å². The smallest absolute Gasteiger partial charge is 0.355 e. The van der Waals surface area contributed by atoms with E-state index in [-0.39, 0.29) is 5.91 Å². The Kier molecular flexibility index (Phi) is 6.07. The summed E-state index contributed by atoms with van der Waals surface area (Å²) in [4.78, 5) is 15.8. The molecule has 0 bridgehead atoms. The number of thioether (sulfide) groups is 1. The van der Waals surface area contributed by atoms with Crippen molar-refractivity contribution in [3.8, 4) is 0 Å². The standard InChI is InChI=1S/C14H19F3N2OS/c1-4-5-8-18-12(20)13(2,3)21-11-7-6-10(9-19-11)14(15,16)17/h6-7,9H,4-5,8H2,1-3H3,(H,18,20). The normalized spacial score (nSPS) is 12.3. The van der Waals surface area contributed by atoms with Gasteiger partial charge in [-0.2, -0.15) is 13.2 Å². The van der Waals surface area contributed by atoms with Crippen LogP contribution in [0.5, 0.6) is 0 Å². The van der Waals surface area contributed by atoms with Gasteiger partial charge in [0.15, 0.2) is 0 Å². The van der Waals surface area contributed by atoms with Crippen LogP contribution in [0.25, 0.3) is 0 Å². The maximum Gasteiger partial charge on any atom is 0.417 e. The van der Waals surface area contributed by atoms with E-state index in [1.807, 2.05) is 6.92 Å². The average molecular weight is 320 g/mol. The number of nitrogens with one attached hydrogen (secondary N) is 1. The minimum absolute atomic E-state index is 0.150. The number of carbonyl (C=O) groups excluding carboxylic acids is 1. The molecular formula is C14H19F3N2OS. The van der Waals surface area contributed by atoms with Crippen LogP contribution in [0.1, 0.15) is 39.2 Å². The fourth-order valence-corrected chi connectivity index (χ4v) is 2.44. The van der Waals surface area contributed by atoms with Gasteiger partial charge in [-0.1, -0.05) is 25.1 Å². The van der Waals surface area contributed by atoms with Gasteiger partial charge in [-0.25, -0.2) is 4.98 Å². The molecule has 0 aromatic carbocycles. The van der Waals surface area contributed by atoms with Crippen molar-refractivity contribution in [3.05, 3.63) is 23.9 Å². The molecule has 0 saturated heterocycles. The number of aromatic nitrogens is 1. The SMILES string of the molecule is CCCCNC(=O)C(C)(C)Sc1ccc(C(F)(F)F)cn1. The minimum atomic E-state index is -4.40. The molecule has 118 valence electrons. The summed E-state index contributed by atoms with van der Waals surface area (Å²) < 4.78 is 36.6. The summed E-state index contributed by atoms with van der Waals surface area (Å²) >= 11 is 1.14. The van der Waals surface area contributed by atoms with Crippen LogP contribution in [0.2, 0.25) is 0 Å². The molecular weight excluding hydrogens is 301 g/mol. The highest BCUT2D eigenvalue weighted by atomic mass is 32.2. The van der Waals surface area contributed by atoms with E-state index in [1.165, 1.54) is 6.07 Å². The number of amides is 1. The highest BCUT2D eigenvalue weighted by Gasteiger charge is 2.32. The first-order valence-electron chi connectivity index (χ1n) is 6.67. The Morgan fingerprint density at radius 1 is 1.33 bits per heavy atom. The van der Waals surface area contributed by atoms with Gasteiger partial charge in [0.1, 0.15) is 0 Å². The maximum absolute atomic E-state index is 12.4. The van der Waals surface area contributed by atoms with Crippen LogP contribution in [0.3, 0.4) is 0 Å². The van der Waals surface area contributed by atoms with Gasteiger partial charge >= 0.3 is 6.18 Å². The molecule has 0 radical (unpaired) electrons. The van der Waals surface area contributed by atoms with Crippen LogP contribution in [-0.2, 0) is 11.0 Å². The lowest BCUT2D eigenvalue weighted by molar-refractivity contribution is -0.137. The first-order valence-corrected chi connectivity index (χ1v) is 7.49. The van der Waals surface area contributed by atoms with Crippen molar-refractivity contribution >= 4 is 17.7 Å². The second-order valence-corrected chi connectivity index (χ2v) is 6.75. The summed E-state index contributed by atoms with van der Waals surface area (Å²) in [5.41, 5.74) is -0.794. The summed E-state index contributed by atoms with van der Waals surface area (Å²) in [6, 6.07) is 2.26. The van der Waals surface area contributed by atoms with Gasteiger partial charge in [0.25, 0.3) is 0 Å². The first kappa shape index (κ1) is 17.8. The summed E-state index contributed by atoms with van der Waals surface area (Å²) in [6.07, 6.45) is -1.74. The quantitative estimate of drug-likeness (QED) is 0.639. The summed E-state index contributed by atoms with van der Waals surface area (Å²) in [6.45, 7) is 6.06. The van der Waals surface area contributed by atoms with Gasteiger partial charge in [0.05, 0.1) is 15.3 Å². The van der Waals surface area contributed by atoms with Crippen molar-refractivity contribution in [3.63, 3.8) is 0 Å². The highest BCUT2D eigenvalue weighted by Crippen LogP contribution is 2.33. The van der Waals surface area contributed by atoms with E-state index < -0.39 is 16.5 Å². The Hall–Kier alpha value is -1.24. The molecule has 1 amide bonds. The largest absolute Gasteiger partial charge is 0.417 e. The molecule has 1 N–H and O–H groups in total. The van der Waals surface area contributed by atoms with E-state index in [9.17, 15) is 18.0 Å². The van der Waals surface area contributed by atoms with Gasteiger partial charge in [0.2, 0.25) is 5.91 Å². The van der Waals surface area contributed by atoms with Gasteiger partial charge in [-0.3, -0.25) is 4.79 Å². The number of hydrogen-bond donors (Lipinski definition) is 1. The molecule has 7 heteroatoms. The van der Waals surface area contributed by atoms with Gasteiger partial charge in [0, 0.05) is 12.7 Å². The molecule has 0 saturated carbocycles. The zero-order valence-corrected chi connectivity index (χ0v) is 13.1. The topological polar surface area (TPSA) is 42.0 Å². The third-order valence-electron chi connectivity index (χ3n) is 2.79. The molecule has 0 atom stereocenters. The molecule has 0 aliphatic rings. The number of nitrogens with zero attached hydrogens (tertiary/aromatic N) is 1. The van der Waals surface area contributed by atoms with Gasteiger partial charge in [-0.15, -0.1) is 0 Å². The number of alkyl halides is 3. The molecule has 1 aromatic heterocycles. The van der Waals surface area contributed by atoms with Crippen LogP contribution in [0.4, 0.5) is 13.2 Å². The monoisotopic (exact) mass is 320 g/mol. The van der Waals surface area contributed by atoms with Crippen molar-refractivity contribution in [2.75, 3.05) is 6.54 Å². The summed E-state index contributed by atoms with van der Waals surface area (Å²) in [7, 11) is 0. The fraction of sp³-hybridized carbons (Fsp3) is 0.571.